The van der Waals surface area contributed by atoms with Crippen molar-refractivity contribution in [2.75, 3.05) is 13.1 Å². The Hall–Kier alpha value is -1.79. The number of carbonyl (C=O) groups is 3. The van der Waals surface area contributed by atoms with Crippen LogP contribution < -0.4 is 10.6 Å². The smallest absolute Gasteiger partial charge is 0.326 e. The van der Waals surface area contributed by atoms with E-state index in [1.54, 1.807) is 0 Å². The van der Waals surface area contributed by atoms with Gasteiger partial charge in [-0.15, -0.1) is 0 Å². The van der Waals surface area contributed by atoms with Crippen LogP contribution in [0.25, 0.3) is 0 Å². The highest BCUT2D eigenvalue weighted by atomic mass is 16.4. The molecule has 1 aliphatic rings. The van der Waals surface area contributed by atoms with E-state index in [1.807, 2.05) is 13.8 Å². The molecule has 1 aliphatic heterocycles. The summed E-state index contributed by atoms with van der Waals surface area (Å²) < 4.78 is 0. The summed E-state index contributed by atoms with van der Waals surface area (Å²) in [4.78, 5) is 35.8. The molecule has 0 aromatic carbocycles. The van der Waals surface area contributed by atoms with Crippen LogP contribution in [-0.2, 0) is 9.59 Å². The number of urea groups is 1. The number of aliphatic carboxylic acids is 1. The Bertz CT molecular complexity index is 371. The zero-order chi connectivity index (χ0) is 15.1. The Morgan fingerprint density at radius 2 is 2.00 bits per heavy atom. The lowest BCUT2D eigenvalue weighted by Crippen LogP contribution is -2.52. The number of carboxylic acid groups (broad SMARTS) is 1. The van der Waals surface area contributed by atoms with Crippen molar-refractivity contribution in [1.82, 2.24) is 15.5 Å². The van der Waals surface area contributed by atoms with Crippen molar-refractivity contribution in [2.24, 2.45) is 0 Å². The molecular weight excluding hydrogens is 262 g/mol. The number of piperidine rings is 1. The maximum absolute atomic E-state index is 11.9. The first-order chi connectivity index (χ1) is 9.41. The van der Waals surface area contributed by atoms with Gasteiger partial charge >= 0.3 is 12.0 Å². The molecule has 0 aromatic heterocycles. The van der Waals surface area contributed by atoms with Crippen LogP contribution >= 0.6 is 0 Å². The van der Waals surface area contributed by atoms with Gasteiger partial charge < -0.3 is 20.6 Å². The number of carboxylic acids is 1. The van der Waals surface area contributed by atoms with E-state index in [9.17, 15) is 14.4 Å². The molecule has 1 fully saturated rings. The van der Waals surface area contributed by atoms with Crippen LogP contribution in [0.1, 0.15) is 39.5 Å². The minimum Gasteiger partial charge on any atom is -0.480 e. The van der Waals surface area contributed by atoms with Crippen LogP contribution in [0.5, 0.6) is 0 Å². The summed E-state index contributed by atoms with van der Waals surface area (Å²) in [5.74, 6) is -1.11. The first-order valence-electron chi connectivity index (χ1n) is 6.98. The molecule has 7 nitrogen and oxygen atoms in total. The van der Waals surface area contributed by atoms with Crippen LogP contribution in [0.2, 0.25) is 0 Å². The largest absolute Gasteiger partial charge is 0.480 e. The van der Waals surface area contributed by atoms with E-state index in [1.165, 1.54) is 4.90 Å². The van der Waals surface area contributed by atoms with E-state index < -0.39 is 18.0 Å². The Balaban J connectivity index is 2.37. The SMILES string of the molecule is CC(C)NC(=O)CCNC(=O)N1CCCCC1C(=O)O. The third kappa shape index (κ3) is 5.07. The van der Waals surface area contributed by atoms with E-state index in [-0.39, 0.29) is 24.9 Å². The fourth-order valence-electron chi connectivity index (χ4n) is 2.21. The molecule has 1 unspecified atom stereocenters. The fourth-order valence-corrected chi connectivity index (χ4v) is 2.21. The van der Waals surface area contributed by atoms with Gasteiger partial charge in [-0.25, -0.2) is 9.59 Å². The number of amides is 3. The van der Waals surface area contributed by atoms with Crippen molar-refractivity contribution < 1.29 is 19.5 Å². The first kappa shape index (κ1) is 16.3. The van der Waals surface area contributed by atoms with Crippen LogP contribution in [0.15, 0.2) is 0 Å². The summed E-state index contributed by atoms with van der Waals surface area (Å²) in [6.07, 6.45) is 2.30. The van der Waals surface area contributed by atoms with Crippen LogP contribution in [0, 0.1) is 0 Å². The average Bonchev–Trinajstić information content (AvgIpc) is 2.37. The van der Waals surface area contributed by atoms with E-state index in [0.717, 1.165) is 12.8 Å². The summed E-state index contributed by atoms with van der Waals surface area (Å²) in [7, 11) is 0. The number of hydrogen-bond donors (Lipinski definition) is 3. The summed E-state index contributed by atoms with van der Waals surface area (Å²) in [6.45, 7) is 4.38. The molecule has 0 bridgehead atoms. The molecular formula is C13H23N3O4. The molecule has 7 heteroatoms. The summed E-state index contributed by atoms with van der Waals surface area (Å²) in [5, 5.41) is 14.4. The molecule has 3 amide bonds. The van der Waals surface area contributed by atoms with Gasteiger partial charge in [-0.3, -0.25) is 4.79 Å². The lowest BCUT2D eigenvalue weighted by atomic mass is 10.0. The molecule has 0 aromatic rings. The van der Waals surface area contributed by atoms with Gasteiger partial charge in [0.05, 0.1) is 0 Å². The van der Waals surface area contributed by atoms with Crippen LogP contribution in [-0.4, -0.2) is 53.1 Å². The second-order valence-corrected chi connectivity index (χ2v) is 5.25. The zero-order valence-electron chi connectivity index (χ0n) is 12.0. The van der Waals surface area contributed by atoms with Crippen molar-refractivity contribution in [1.29, 1.82) is 0 Å². The van der Waals surface area contributed by atoms with Gasteiger partial charge in [0.1, 0.15) is 6.04 Å². The normalized spacial score (nSPS) is 18.8. The zero-order valence-corrected chi connectivity index (χ0v) is 12.0. The minimum absolute atomic E-state index is 0.0664. The minimum atomic E-state index is -0.975. The number of carbonyl (C=O) groups excluding carboxylic acids is 2. The highest BCUT2D eigenvalue weighted by Crippen LogP contribution is 2.17. The number of nitrogens with one attached hydrogen (secondary N) is 2. The Morgan fingerprint density at radius 3 is 2.60 bits per heavy atom. The third-order valence-corrected chi connectivity index (χ3v) is 3.13. The summed E-state index contributed by atoms with van der Waals surface area (Å²) in [5.41, 5.74) is 0. The van der Waals surface area contributed by atoms with Gasteiger partial charge in [0.15, 0.2) is 0 Å². The molecule has 0 aliphatic carbocycles. The predicted molar refractivity (Wildman–Crippen MR) is 73.3 cm³/mol. The Morgan fingerprint density at radius 1 is 1.30 bits per heavy atom. The second kappa shape index (κ2) is 7.72. The second-order valence-electron chi connectivity index (χ2n) is 5.25. The highest BCUT2D eigenvalue weighted by molar-refractivity contribution is 5.83. The van der Waals surface area contributed by atoms with E-state index in [4.69, 9.17) is 5.11 Å². The topological polar surface area (TPSA) is 98.7 Å². The van der Waals surface area contributed by atoms with Gasteiger partial charge in [-0.1, -0.05) is 0 Å². The van der Waals surface area contributed by atoms with E-state index >= 15 is 0 Å². The van der Waals surface area contributed by atoms with Gasteiger partial charge in [0, 0.05) is 25.6 Å². The monoisotopic (exact) mass is 285 g/mol. The molecule has 1 rings (SSSR count). The van der Waals surface area contributed by atoms with E-state index in [2.05, 4.69) is 10.6 Å². The molecule has 0 saturated carbocycles. The quantitative estimate of drug-likeness (QED) is 0.687. The maximum atomic E-state index is 11.9. The molecule has 1 atom stereocenters. The molecule has 0 spiro atoms. The lowest BCUT2D eigenvalue weighted by Gasteiger charge is -2.32. The number of nitrogens with zero attached hydrogens (tertiary/aromatic N) is 1. The van der Waals surface area contributed by atoms with Gasteiger partial charge in [0.25, 0.3) is 0 Å². The van der Waals surface area contributed by atoms with Crippen molar-refractivity contribution >= 4 is 17.9 Å². The number of rotatable bonds is 5. The Kier molecular flexibility index (Phi) is 6.27. The number of likely N-dealkylation sites (tertiary alicyclic amines) is 1. The third-order valence-electron chi connectivity index (χ3n) is 3.13. The maximum Gasteiger partial charge on any atom is 0.326 e. The molecule has 114 valence electrons. The first-order valence-corrected chi connectivity index (χ1v) is 6.98. The summed E-state index contributed by atoms with van der Waals surface area (Å²) in [6, 6.07) is -1.10. The molecule has 1 saturated heterocycles. The average molecular weight is 285 g/mol. The van der Waals surface area contributed by atoms with Crippen molar-refractivity contribution in [3.05, 3.63) is 0 Å². The molecule has 3 N–H and O–H groups in total. The van der Waals surface area contributed by atoms with Crippen LogP contribution in [0.4, 0.5) is 4.79 Å². The highest BCUT2D eigenvalue weighted by Gasteiger charge is 2.31. The Labute approximate surface area is 118 Å². The molecule has 20 heavy (non-hydrogen) atoms. The van der Waals surface area contributed by atoms with Gasteiger partial charge in [0.2, 0.25) is 5.91 Å². The van der Waals surface area contributed by atoms with Crippen LogP contribution in [0.3, 0.4) is 0 Å². The van der Waals surface area contributed by atoms with Crippen molar-refractivity contribution in [3.8, 4) is 0 Å². The van der Waals surface area contributed by atoms with Gasteiger partial charge in [-0.2, -0.15) is 0 Å². The van der Waals surface area contributed by atoms with Crippen molar-refractivity contribution in [2.45, 2.75) is 51.6 Å². The fraction of sp³-hybridized carbons (Fsp3) is 0.769. The van der Waals surface area contributed by atoms with Crippen molar-refractivity contribution in [3.63, 3.8) is 0 Å². The standard InChI is InChI=1S/C13H23N3O4/c1-9(2)15-11(17)6-7-14-13(20)16-8-4-3-5-10(16)12(18)19/h9-10H,3-8H2,1-2H3,(H,14,20)(H,15,17)(H,18,19). The van der Waals surface area contributed by atoms with Gasteiger partial charge in [-0.05, 0) is 33.1 Å². The molecule has 0 radical (unpaired) electrons. The van der Waals surface area contributed by atoms with E-state index in [0.29, 0.717) is 13.0 Å². The molecule has 1 heterocycles. The lowest BCUT2D eigenvalue weighted by molar-refractivity contribution is -0.143. The number of hydrogen-bond acceptors (Lipinski definition) is 3. The predicted octanol–water partition coefficient (Wildman–Crippen LogP) is 0.550. The summed E-state index contributed by atoms with van der Waals surface area (Å²) >= 11 is 0.